The highest BCUT2D eigenvalue weighted by atomic mass is 16.5. The SMILES string of the molecule is COc1cccc(-c2cc(C(=O)Nc3cc(N4CCC(C)CC4)ncn3)[nH]n2)c1. The van der Waals surface area contributed by atoms with Crippen molar-refractivity contribution in [1.29, 1.82) is 0 Å². The van der Waals surface area contributed by atoms with E-state index in [0.717, 1.165) is 49.0 Å². The number of carbonyl (C=O) groups is 1. The number of piperidine rings is 1. The molecule has 0 aliphatic carbocycles. The van der Waals surface area contributed by atoms with Crippen molar-refractivity contribution in [2.75, 3.05) is 30.4 Å². The molecule has 0 atom stereocenters. The number of rotatable bonds is 5. The van der Waals surface area contributed by atoms with E-state index in [-0.39, 0.29) is 5.91 Å². The third-order valence-electron chi connectivity index (χ3n) is 5.19. The predicted octanol–water partition coefficient (Wildman–Crippen LogP) is 3.36. The standard InChI is InChI=1S/C21H24N6O2/c1-14-6-8-27(9-7-14)20-12-19(22-13-23-20)24-21(28)18-11-17(25-26-18)15-4-3-5-16(10-15)29-2/h3-5,10-14H,6-9H2,1-2H3,(H,25,26)(H,22,23,24,28). The molecule has 0 bridgehead atoms. The van der Waals surface area contributed by atoms with Crippen molar-refractivity contribution < 1.29 is 9.53 Å². The third-order valence-corrected chi connectivity index (χ3v) is 5.19. The van der Waals surface area contributed by atoms with Gasteiger partial charge in [0.1, 0.15) is 29.4 Å². The molecule has 0 radical (unpaired) electrons. The first kappa shape index (κ1) is 18.9. The van der Waals surface area contributed by atoms with Crippen molar-refractivity contribution in [3.63, 3.8) is 0 Å². The average molecular weight is 392 g/mol. The molecular weight excluding hydrogens is 368 g/mol. The maximum absolute atomic E-state index is 12.6. The van der Waals surface area contributed by atoms with Gasteiger partial charge >= 0.3 is 0 Å². The minimum atomic E-state index is -0.302. The molecule has 1 amide bonds. The summed E-state index contributed by atoms with van der Waals surface area (Å²) in [4.78, 5) is 23.4. The topological polar surface area (TPSA) is 96.0 Å². The molecule has 0 unspecified atom stereocenters. The summed E-state index contributed by atoms with van der Waals surface area (Å²) in [6, 6.07) is 11.0. The lowest BCUT2D eigenvalue weighted by Crippen LogP contribution is -2.33. The van der Waals surface area contributed by atoms with Gasteiger partial charge in [-0.25, -0.2) is 9.97 Å². The Bertz CT molecular complexity index is 994. The fraction of sp³-hybridized carbons (Fsp3) is 0.333. The van der Waals surface area contributed by atoms with Gasteiger partial charge in [0, 0.05) is 24.7 Å². The number of aromatic nitrogens is 4. The smallest absolute Gasteiger partial charge is 0.274 e. The number of nitrogens with zero attached hydrogens (tertiary/aromatic N) is 4. The van der Waals surface area contributed by atoms with Crippen molar-refractivity contribution in [1.82, 2.24) is 20.2 Å². The van der Waals surface area contributed by atoms with Crippen LogP contribution in [0.1, 0.15) is 30.3 Å². The van der Waals surface area contributed by atoms with Crippen LogP contribution in [0.4, 0.5) is 11.6 Å². The first-order chi connectivity index (χ1) is 14.1. The molecule has 1 aliphatic heterocycles. The van der Waals surface area contributed by atoms with Gasteiger partial charge in [-0.15, -0.1) is 0 Å². The number of nitrogens with one attached hydrogen (secondary N) is 2. The lowest BCUT2D eigenvalue weighted by molar-refractivity contribution is 0.102. The van der Waals surface area contributed by atoms with Gasteiger partial charge in [-0.05, 0) is 37.0 Å². The van der Waals surface area contributed by atoms with E-state index < -0.39 is 0 Å². The Balaban J connectivity index is 1.46. The van der Waals surface area contributed by atoms with Crippen molar-refractivity contribution in [2.45, 2.75) is 19.8 Å². The number of hydrogen-bond donors (Lipinski definition) is 2. The maximum atomic E-state index is 12.6. The van der Waals surface area contributed by atoms with E-state index >= 15 is 0 Å². The van der Waals surface area contributed by atoms with Crippen molar-refractivity contribution >= 4 is 17.5 Å². The van der Waals surface area contributed by atoms with E-state index in [4.69, 9.17) is 4.74 Å². The largest absolute Gasteiger partial charge is 0.497 e. The Kier molecular flexibility index (Phi) is 5.41. The van der Waals surface area contributed by atoms with E-state index in [0.29, 0.717) is 17.2 Å². The second kappa shape index (κ2) is 8.30. The Morgan fingerprint density at radius 3 is 2.83 bits per heavy atom. The minimum Gasteiger partial charge on any atom is -0.497 e. The maximum Gasteiger partial charge on any atom is 0.274 e. The molecule has 0 saturated carbocycles. The molecule has 2 aromatic heterocycles. The lowest BCUT2D eigenvalue weighted by Gasteiger charge is -2.31. The van der Waals surface area contributed by atoms with Crippen LogP contribution in [-0.4, -0.2) is 46.3 Å². The quantitative estimate of drug-likeness (QED) is 0.691. The number of ether oxygens (including phenoxy) is 1. The van der Waals surface area contributed by atoms with Gasteiger partial charge in [0.2, 0.25) is 0 Å². The molecule has 2 N–H and O–H groups in total. The van der Waals surface area contributed by atoms with Gasteiger partial charge in [0.15, 0.2) is 0 Å². The summed E-state index contributed by atoms with van der Waals surface area (Å²) in [7, 11) is 1.61. The average Bonchev–Trinajstić information content (AvgIpc) is 3.25. The van der Waals surface area contributed by atoms with Crippen LogP contribution in [0, 0.1) is 5.92 Å². The third kappa shape index (κ3) is 4.37. The van der Waals surface area contributed by atoms with Crippen molar-refractivity contribution in [3.8, 4) is 17.0 Å². The van der Waals surface area contributed by atoms with Crippen molar-refractivity contribution in [2.24, 2.45) is 5.92 Å². The molecule has 1 aliphatic rings. The van der Waals surface area contributed by atoms with Crippen molar-refractivity contribution in [3.05, 3.63) is 48.4 Å². The van der Waals surface area contributed by atoms with Crippen LogP contribution in [0.2, 0.25) is 0 Å². The van der Waals surface area contributed by atoms with E-state index in [1.807, 2.05) is 30.3 Å². The molecule has 8 nitrogen and oxygen atoms in total. The van der Waals surface area contributed by atoms with Gasteiger partial charge in [-0.3, -0.25) is 9.89 Å². The summed E-state index contributed by atoms with van der Waals surface area (Å²) < 4.78 is 5.24. The molecular formula is C21H24N6O2. The summed E-state index contributed by atoms with van der Waals surface area (Å²) in [5.74, 6) is 2.48. The molecule has 1 aromatic carbocycles. The zero-order valence-electron chi connectivity index (χ0n) is 16.6. The zero-order valence-corrected chi connectivity index (χ0v) is 16.6. The Morgan fingerprint density at radius 1 is 1.21 bits per heavy atom. The van der Waals surface area contributed by atoms with Gasteiger partial charge in [0.05, 0.1) is 12.8 Å². The monoisotopic (exact) mass is 392 g/mol. The zero-order chi connectivity index (χ0) is 20.2. The van der Waals surface area contributed by atoms with Crippen LogP contribution in [-0.2, 0) is 0 Å². The summed E-state index contributed by atoms with van der Waals surface area (Å²) in [5.41, 5.74) is 1.89. The van der Waals surface area contributed by atoms with Crippen LogP contribution in [0.3, 0.4) is 0 Å². The molecule has 1 fully saturated rings. The van der Waals surface area contributed by atoms with Crippen LogP contribution in [0.15, 0.2) is 42.7 Å². The van der Waals surface area contributed by atoms with E-state index in [1.165, 1.54) is 6.33 Å². The van der Waals surface area contributed by atoms with E-state index in [9.17, 15) is 4.79 Å². The van der Waals surface area contributed by atoms with Gasteiger partial charge in [0.25, 0.3) is 5.91 Å². The fourth-order valence-electron chi connectivity index (χ4n) is 3.38. The van der Waals surface area contributed by atoms with E-state index in [2.05, 4.69) is 37.3 Å². The molecule has 29 heavy (non-hydrogen) atoms. The summed E-state index contributed by atoms with van der Waals surface area (Å²) in [6.07, 6.45) is 3.78. The van der Waals surface area contributed by atoms with Crippen LogP contribution >= 0.6 is 0 Å². The normalized spacial score (nSPS) is 14.6. The van der Waals surface area contributed by atoms with Crippen LogP contribution in [0.5, 0.6) is 5.75 Å². The lowest BCUT2D eigenvalue weighted by atomic mass is 9.99. The number of benzene rings is 1. The molecule has 3 aromatic rings. The number of carbonyl (C=O) groups excluding carboxylic acids is 1. The number of H-pyrrole nitrogens is 1. The Labute approximate surface area is 169 Å². The summed E-state index contributed by atoms with van der Waals surface area (Å²) >= 11 is 0. The fourth-order valence-corrected chi connectivity index (χ4v) is 3.38. The van der Waals surface area contributed by atoms with Crippen LogP contribution < -0.4 is 15.0 Å². The predicted molar refractivity (Wildman–Crippen MR) is 111 cm³/mol. The Hall–Kier alpha value is -3.42. The number of amides is 1. The highest BCUT2D eigenvalue weighted by Crippen LogP contribution is 2.24. The Morgan fingerprint density at radius 2 is 2.03 bits per heavy atom. The summed E-state index contributed by atoms with van der Waals surface area (Å²) in [5, 5.41) is 9.85. The minimum absolute atomic E-state index is 0.302. The molecule has 1 saturated heterocycles. The number of methoxy groups -OCH3 is 1. The molecule has 0 spiro atoms. The number of hydrogen-bond acceptors (Lipinski definition) is 6. The highest BCUT2D eigenvalue weighted by molar-refractivity contribution is 6.03. The number of anilines is 2. The highest BCUT2D eigenvalue weighted by Gasteiger charge is 2.18. The molecule has 150 valence electrons. The molecule has 3 heterocycles. The van der Waals surface area contributed by atoms with Gasteiger partial charge in [-0.1, -0.05) is 19.1 Å². The first-order valence-corrected chi connectivity index (χ1v) is 9.70. The first-order valence-electron chi connectivity index (χ1n) is 9.70. The molecule has 8 heteroatoms. The van der Waals surface area contributed by atoms with Gasteiger partial charge < -0.3 is 15.0 Å². The number of aromatic amines is 1. The summed E-state index contributed by atoms with van der Waals surface area (Å²) in [6.45, 7) is 4.21. The molecule has 4 rings (SSSR count). The van der Waals surface area contributed by atoms with Gasteiger partial charge in [-0.2, -0.15) is 5.10 Å². The second-order valence-corrected chi connectivity index (χ2v) is 7.28. The van der Waals surface area contributed by atoms with E-state index in [1.54, 1.807) is 13.2 Å². The van der Waals surface area contributed by atoms with Crippen LogP contribution in [0.25, 0.3) is 11.3 Å². The second-order valence-electron chi connectivity index (χ2n) is 7.28.